The predicted octanol–water partition coefficient (Wildman–Crippen LogP) is 2.10. The average Bonchev–Trinajstić information content (AvgIpc) is 1.82. The molecule has 0 atom stereocenters. The van der Waals surface area contributed by atoms with Gasteiger partial charge < -0.3 is 5.21 Å². The molecule has 0 N–H and O–H groups in total. The molecule has 1 rings (SSSR count). The fourth-order valence-electron chi connectivity index (χ4n) is 0.725. The normalized spacial score (nSPS) is 11.7. The summed E-state index contributed by atoms with van der Waals surface area (Å²) >= 11 is 2.64. The van der Waals surface area contributed by atoms with Crippen molar-refractivity contribution in [3.63, 3.8) is 0 Å². The molecule has 0 saturated carbocycles. The number of hydrogen-bond acceptors (Lipinski definition) is 1. The Morgan fingerprint density at radius 1 is 1.42 bits per heavy atom. The quantitative estimate of drug-likeness (QED) is 0.505. The second-order valence-corrected chi connectivity index (χ2v) is 2.88. The smallest absolute Gasteiger partial charge is 0.480 e. The van der Waals surface area contributed by atoms with Crippen molar-refractivity contribution in [2.75, 3.05) is 0 Å². The maximum atomic E-state index is 12.1. The minimum absolute atomic E-state index is 0.218. The van der Waals surface area contributed by atoms with E-state index in [0.717, 1.165) is 12.3 Å². The van der Waals surface area contributed by atoms with Crippen LogP contribution in [0.15, 0.2) is 22.8 Å². The third-order valence-corrected chi connectivity index (χ3v) is 1.82. The Morgan fingerprint density at radius 2 is 2.00 bits per heavy atom. The van der Waals surface area contributed by atoms with Crippen LogP contribution in [0.2, 0.25) is 0 Å². The number of pyridine rings is 1. The van der Waals surface area contributed by atoms with Crippen molar-refractivity contribution < 1.29 is 17.9 Å². The van der Waals surface area contributed by atoms with Crippen LogP contribution in [0.25, 0.3) is 0 Å². The first-order valence-electron chi connectivity index (χ1n) is 2.88. The highest BCUT2D eigenvalue weighted by Crippen LogP contribution is 2.31. The Labute approximate surface area is 74.3 Å². The highest BCUT2D eigenvalue weighted by molar-refractivity contribution is 9.10. The average molecular weight is 242 g/mol. The van der Waals surface area contributed by atoms with E-state index in [0.29, 0.717) is 0 Å². The minimum atomic E-state index is -4.62. The molecule has 66 valence electrons. The largest absolute Gasteiger partial charge is 0.618 e. The third kappa shape index (κ3) is 1.69. The number of alkyl halides is 3. The first-order valence-corrected chi connectivity index (χ1v) is 3.67. The molecule has 1 aromatic heterocycles. The molecule has 1 aromatic rings. The van der Waals surface area contributed by atoms with Gasteiger partial charge in [0.25, 0.3) is 0 Å². The Morgan fingerprint density at radius 3 is 2.33 bits per heavy atom. The summed E-state index contributed by atoms with van der Waals surface area (Å²) in [5, 5.41) is 10.7. The fourth-order valence-corrected chi connectivity index (χ4v) is 1.28. The number of rotatable bonds is 0. The topological polar surface area (TPSA) is 26.9 Å². The summed E-state index contributed by atoms with van der Waals surface area (Å²) in [6, 6.07) is 2.39. The zero-order valence-electron chi connectivity index (χ0n) is 5.60. The van der Waals surface area contributed by atoms with Crippen molar-refractivity contribution in [3.8, 4) is 0 Å². The molecule has 0 unspecified atom stereocenters. The second-order valence-electron chi connectivity index (χ2n) is 2.03. The molecule has 1 heterocycles. The van der Waals surface area contributed by atoms with Gasteiger partial charge in [-0.2, -0.15) is 17.9 Å². The Balaban J connectivity index is 3.31. The number of nitrogens with zero attached hydrogens (tertiary/aromatic N) is 1. The standard InChI is InChI=1S/C6H3BrF3NO/c7-4-2-1-3-11(12)5(4)6(8,9)10/h1-3H. The van der Waals surface area contributed by atoms with Crippen LogP contribution in [0, 0.1) is 5.21 Å². The molecule has 12 heavy (non-hydrogen) atoms. The summed E-state index contributed by atoms with van der Waals surface area (Å²) in [4.78, 5) is 0. The van der Waals surface area contributed by atoms with Crippen molar-refractivity contribution in [1.29, 1.82) is 0 Å². The summed E-state index contributed by atoms with van der Waals surface area (Å²) in [6.07, 6.45) is -3.82. The maximum Gasteiger partial charge on any atom is 0.480 e. The van der Waals surface area contributed by atoms with Gasteiger partial charge in [-0.05, 0) is 22.0 Å². The van der Waals surface area contributed by atoms with Crippen LogP contribution in [0.1, 0.15) is 5.69 Å². The van der Waals surface area contributed by atoms with Gasteiger partial charge in [-0.3, -0.25) is 0 Å². The number of aromatic nitrogens is 1. The van der Waals surface area contributed by atoms with E-state index in [1.165, 1.54) is 6.07 Å². The van der Waals surface area contributed by atoms with E-state index in [9.17, 15) is 18.4 Å². The molecule has 0 radical (unpaired) electrons. The minimum Gasteiger partial charge on any atom is -0.618 e. The highest BCUT2D eigenvalue weighted by Gasteiger charge is 2.42. The van der Waals surface area contributed by atoms with Gasteiger partial charge in [-0.1, -0.05) is 0 Å². The lowest BCUT2D eigenvalue weighted by Gasteiger charge is -2.07. The van der Waals surface area contributed by atoms with Gasteiger partial charge >= 0.3 is 11.9 Å². The van der Waals surface area contributed by atoms with Crippen LogP contribution in [0.4, 0.5) is 13.2 Å². The van der Waals surface area contributed by atoms with Gasteiger partial charge in [0.15, 0.2) is 6.20 Å². The Bertz CT molecular complexity index is 279. The molecular formula is C6H3BrF3NO. The number of hydrogen-bond donors (Lipinski definition) is 0. The molecular weight excluding hydrogens is 239 g/mol. The van der Waals surface area contributed by atoms with Crippen molar-refractivity contribution in [1.82, 2.24) is 0 Å². The van der Waals surface area contributed by atoms with Gasteiger partial charge in [0.05, 0.1) is 4.47 Å². The Kier molecular flexibility index (Phi) is 2.27. The summed E-state index contributed by atoms with van der Waals surface area (Å²) in [6.45, 7) is 0. The van der Waals surface area contributed by atoms with E-state index >= 15 is 0 Å². The van der Waals surface area contributed by atoms with Crippen LogP contribution < -0.4 is 4.73 Å². The van der Waals surface area contributed by atoms with Crippen LogP contribution in [0.5, 0.6) is 0 Å². The van der Waals surface area contributed by atoms with E-state index in [-0.39, 0.29) is 9.20 Å². The van der Waals surface area contributed by atoms with E-state index in [4.69, 9.17) is 0 Å². The second kappa shape index (κ2) is 2.93. The molecule has 6 heteroatoms. The van der Waals surface area contributed by atoms with Crippen LogP contribution in [0.3, 0.4) is 0 Å². The van der Waals surface area contributed by atoms with Crippen LogP contribution in [-0.2, 0) is 6.18 Å². The molecule has 0 saturated heterocycles. The van der Waals surface area contributed by atoms with Gasteiger partial charge in [-0.15, -0.1) is 0 Å². The summed E-state index contributed by atoms with van der Waals surface area (Å²) < 4.78 is 35.7. The van der Waals surface area contributed by atoms with Crippen molar-refractivity contribution in [2.24, 2.45) is 0 Å². The highest BCUT2D eigenvalue weighted by atomic mass is 79.9. The molecule has 0 amide bonds. The molecule has 0 aromatic carbocycles. The summed E-state index contributed by atoms with van der Waals surface area (Å²) in [7, 11) is 0. The lowest BCUT2D eigenvalue weighted by atomic mass is 10.3. The van der Waals surface area contributed by atoms with E-state index in [1.807, 2.05) is 0 Å². The molecule has 2 nitrogen and oxygen atoms in total. The van der Waals surface area contributed by atoms with Crippen molar-refractivity contribution in [2.45, 2.75) is 6.18 Å². The van der Waals surface area contributed by atoms with Gasteiger partial charge in [0, 0.05) is 6.07 Å². The van der Waals surface area contributed by atoms with Gasteiger partial charge in [0.1, 0.15) is 0 Å². The number of halogens is 4. The molecule has 0 aliphatic rings. The lowest BCUT2D eigenvalue weighted by Crippen LogP contribution is -2.36. The van der Waals surface area contributed by atoms with Crippen LogP contribution >= 0.6 is 15.9 Å². The molecule has 0 fully saturated rings. The van der Waals surface area contributed by atoms with Crippen LogP contribution in [-0.4, -0.2) is 0 Å². The van der Waals surface area contributed by atoms with Crippen molar-refractivity contribution in [3.05, 3.63) is 33.7 Å². The first kappa shape index (κ1) is 9.31. The summed E-state index contributed by atoms with van der Waals surface area (Å²) in [5.74, 6) is 0. The molecule has 0 aliphatic heterocycles. The van der Waals surface area contributed by atoms with Gasteiger partial charge in [-0.25, -0.2) is 0 Å². The Hall–Kier alpha value is -0.780. The molecule has 0 spiro atoms. The molecule has 0 bridgehead atoms. The predicted molar refractivity (Wildman–Crippen MR) is 38.1 cm³/mol. The van der Waals surface area contributed by atoms with E-state index < -0.39 is 11.9 Å². The first-order chi connectivity index (χ1) is 5.43. The van der Waals surface area contributed by atoms with Crippen molar-refractivity contribution >= 4 is 15.9 Å². The fraction of sp³-hybridized carbons (Fsp3) is 0.167. The van der Waals surface area contributed by atoms with E-state index in [1.54, 1.807) is 0 Å². The zero-order valence-corrected chi connectivity index (χ0v) is 7.19. The maximum absolute atomic E-state index is 12.1. The summed E-state index contributed by atoms with van der Waals surface area (Å²) in [5.41, 5.74) is -1.23. The SMILES string of the molecule is [O-][n+]1cccc(Br)c1C(F)(F)F. The van der Waals surface area contributed by atoms with Gasteiger partial charge in [0.2, 0.25) is 0 Å². The zero-order chi connectivity index (χ0) is 9.35. The molecule has 0 aliphatic carbocycles. The lowest BCUT2D eigenvalue weighted by molar-refractivity contribution is -0.630. The third-order valence-electron chi connectivity index (χ3n) is 1.18. The van der Waals surface area contributed by atoms with E-state index in [2.05, 4.69) is 15.9 Å². The monoisotopic (exact) mass is 241 g/mol.